The fourth-order valence-electron chi connectivity index (χ4n) is 3.21. The molecule has 0 unspecified atom stereocenters. The van der Waals surface area contributed by atoms with Gasteiger partial charge in [-0.25, -0.2) is 9.50 Å². The molecule has 4 rings (SSSR count). The number of aromatic nitrogens is 4. The van der Waals surface area contributed by atoms with Crippen LogP contribution in [0.15, 0.2) is 36.5 Å². The second-order valence-corrected chi connectivity index (χ2v) is 6.90. The highest BCUT2D eigenvalue weighted by atomic mass is 16.2. The number of nitrogens with zero attached hydrogens (tertiary/aromatic N) is 5. The molecule has 7 heteroatoms. The van der Waals surface area contributed by atoms with Crippen LogP contribution in [0.4, 0.5) is 11.4 Å². The number of hydrogen-bond acceptors (Lipinski definition) is 5. The van der Waals surface area contributed by atoms with E-state index in [1.54, 1.807) is 10.7 Å². The van der Waals surface area contributed by atoms with Crippen LogP contribution >= 0.6 is 0 Å². The van der Waals surface area contributed by atoms with Gasteiger partial charge in [-0.15, -0.1) is 5.10 Å². The molecule has 7 nitrogen and oxygen atoms in total. The highest BCUT2D eigenvalue weighted by molar-refractivity contribution is 6.01. The fraction of sp³-hybridized carbons (Fsp3) is 0.368. The van der Waals surface area contributed by atoms with Gasteiger partial charge in [0.15, 0.2) is 0 Å². The van der Waals surface area contributed by atoms with Gasteiger partial charge in [-0.2, -0.15) is 4.98 Å². The van der Waals surface area contributed by atoms with Crippen LogP contribution in [-0.2, 0) is 0 Å². The molecule has 3 aromatic rings. The molecule has 0 spiro atoms. The molecule has 2 aromatic heterocycles. The van der Waals surface area contributed by atoms with Crippen molar-refractivity contribution in [2.75, 3.05) is 23.3 Å². The average molecular weight is 350 g/mol. The molecule has 1 N–H and O–H groups in total. The number of benzene rings is 1. The predicted octanol–water partition coefficient (Wildman–Crippen LogP) is 2.92. The van der Waals surface area contributed by atoms with Crippen LogP contribution in [0.3, 0.4) is 0 Å². The number of anilines is 2. The van der Waals surface area contributed by atoms with E-state index in [0.717, 1.165) is 30.4 Å². The second kappa shape index (κ2) is 6.74. The van der Waals surface area contributed by atoms with E-state index < -0.39 is 0 Å². The molecule has 0 atom stereocenters. The third kappa shape index (κ3) is 3.24. The average Bonchev–Trinajstić information content (AvgIpc) is 3.09. The van der Waals surface area contributed by atoms with Gasteiger partial charge in [0.1, 0.15) is 0 Å². The first-order valence-corrected chi connectivity index (χ1v) is 8.95. The third-order valence-electron chi connectivity index (χ3n) is 4.91. The molecular weight excluding hydrogens is 328 g/mol. The summed E-state index contributed by atoms with van der Waals surface area (Å²) in [5.41, 5.74) is 2.80. The predicted molar refractivity (Wildman–Crippen MR) is 101 cm³/mol. The minimum absolute atomic E-state index is 0.112. The van der Waals surface area contributed by atoms with E-state index in [2.05, 4.69) is 44.3 Å². The van der Waals surface area contributed by atoms with Crippen molar-refractivity contribution in [3.05, 3.63) is 48.0 Å². The molecule has 0 saturated carbocycles. The number of carbonyl (C=O) groups is 1. The number of fused-ring (bicyclic) bond motifs is 1. The number of nitrogens with one attached hydrogen (secondary N) is 1. The molecule has 1 aliphatic heterocycles. The zero-order valence-electron chi connectivity index (χ0n) is 15.0. The van der Waals surface area contributed by atoms with Gasteiger partial charge < -0.3 is 10.2 Å². The van der Waals surface area contributed by atoms with Gasteiger partial charge in [-0.05, 0) is 56.0 Å². The van der Waals surface area contributed by atoms with Gasteiger partial charge in [-0.1, -0.05) is 6.92 Å². The molecule has 1 amide bonds. The number of hydrogen-bond donors (Lipinski definition) is 1. The summed E-state index contributed by atoms with van der Waals surface area (Å²) in [5.74, 6) is 1.00. The van der Waals surface area contributed by atoms with Crippen molar-refractivity contribution in [1.29, 1.82) is 0 Å². The Labute approximate surface area is 152 Å². The molecule has 26 heavy (non-hydrogen) atoms. The van der Waals surface area contributed by atoms with Gasteiger partial charge in [0.2, 0.25) is 5.82 Å². The summed E-state index contributed by atoms with van der Waals surface area (Å²) < 4.78 is 1.56. The van der Waals surface area contributed by atoms with Crippen LogP contribution < -0.4 is 10.2 Å². The van der Waals surface area contributed by atoms with Crippen molar-refractivity contribution in [3.8, 4) is 0 Å². The van der Waals surface area contributed by atoms with Gasteiger partial charge >= 0.3 is 0 Å². The lowest BCUT2D eigenvalue weighted by Crippen LogP contribution is -2.32. The normalized spacial score (nSPS) is 15.4. The fourth-order valence-corrected chi connectivity index (χ4v) is 3.21. The number of aryl methyl sites for hydroxylation is 1. The minimum Gasteiger partial charge on any atom is -0.372 e. The maximum atomic E-state index is 12.4. The summed E-state index contributed by atoms with van der Waals surface area (Å²) in [6.45, 7) is 6.38. The Morgan fingerprint density at radius 1 is 1.15 bits per heavy atom. The third-order valence-corrected chi connectivity index (χ3v) is 4.91. The van der Waals surface area contributed by atoms with Crippen LogP contribution in [0.1, 0.15) is 36.1 Å². The monoisotopic (exact) mass is 350 g/mol. The molecule has 1 saturated heterocycles. The van der Waals surface area contributed by atoms with Gasteiger partial charge in [0.05, 0.1) is 0 Å². The van der Waals surface area contributed by atoms with Crippen LogP contribution in [0.2, 0.25) is 0 Å². The lowest BCUT2D eigenvalue weighted by atomic mass is 9.99. The minimum atomic E-state index is -0.338. The van der Waals surface area contributed by atoms with E-state index in [1.165, 1.54) is 18.5 Å². The van der Waals surface area contributed by atoms with Gasteiger partial charge in [0, 0.05) is 36.4 Å². The zero-order chi connectivity index (χ0) is 18.1. The standard InChI is InChI=1S/C19H22N6O/c1-13-8-11-24(12-9-13)16-5-3-15(4-6-16)21-18(26)17-22-19-20-10-7-14(2)25(19)23-17/h3-7,10,13H,8-9,11-12H2,1-2H3,(H,21,26). The molecule has 3 heterocycles. The Balaban J connectivity index is 1.46. The Morgan fingerprint density at radius 3 is 2.58 bits per heavy atom. The quantitative estimate of drug-likeness (QED) is 0.786. The Bertz CT molecular complexity index is 925. The first-order valence-electron chi connectivity index (χ1n) is 8.95. The van der Waals surface area contributed by atoms with E-state index in [0.29, 0.717) is 5.78 Å². The topological polar surface area (TPSA) is 75.4 Å². The molecule has 0 aliphatic carbocycles. The van der Waals surface area contributed by atoms with Crippen LogP contribution in [0.25, 0.3) is 5.78 Å². The smallest absolute Gasteiger partial charge is 0.295 e. The molecular formula is C19H22N6O. The Kier molecular flexibility index (Phi) is 4.28. The Morgan fingerprint density at radius 2 is 1.88 bits per heavy atom. The Hall–Kier alpha value is -2.96. The highest BCUT2D eigenvalue weighted by Gasteiger charge is 2.17. The van der Waals surface area contributed by atoms with E-state index >= 15 is 0 Å². The SMILES string of the molecule is Cc1ccnc2nc(C(=O)Nc3ccc(N4CCC(C)CC4)cc3)nn12. The molecule has 134 valence electrons. The summed E-state index contributed by atoms with van der Waals surface area (Å²) >= 11 is 0. The van der Waals surface area contributed by atoms with Gasteiger partial charge in [-0.3, -0.25) is 4.79 Å². The lowest BCUT2D eigenvalue weighted by Gasteiger charge is -2.32. The van der Waals surface area contributed by atoms with Crippen molar-refractivity contribution in [3.63, 3.8) is 0 Å². The lowest BCUT2D eigenvalue weighted by molar-refractivity contribution is 0.101. The van der Waals surface area contributed by atoms with E-state index in [-0.39, 0.29) is 11.7 Å². The maximum absolute atomic E-state index is 12.4. The number of piperidine rings is 1. The second-order valence-electron chi connectivity index (χ2n) is 6.90. The zero-order valence-corrected chi connectivity index (χ0v) is 15.0. The highest BCUT2D eigenvalue weighted by Crippen LogP contribution is 2.24. The van der Waals surface area contributed by atoms with Crippen LogP contribution in [-0.4, -0.2) is 38.6 Å². The van der Waals surface area contributed by atoms with E-state index in [1.807, 2.05) is 25.1 Å². The molecule has 1 aliphatic rings. The number of rotatable bonds is 3. The molecule has 0 radical (unpaired) electrons. The number of carbonyl (C=O) groups excluding carboxylic acids is 1. The van der Waals surface area contributed by atoms with E-state index in [4.69, 9.17) is 0 Å². The molecule has 1 fully saturated rings. The number of amides is 1. The molecule has 1 aromatic carbocycles. The van der Waals surface area contributed by atoms with Crippen molar-refractivity contribution in [1.82, 2.24) is 19.6 Å². The summed E-state index contributed by atoms with van der Waals surface area (Å²) in [4.78, 5) is 23.1. The first kappa shape index (κ1) is 16.5. The summed E-state index contributed by atoms with van der Waals surface area (Å²) in [6, 6.07) is 9.77. The largest absolute Gasteiger partial charge is 0.372 e. The van der Waals surface area contributed by atoms with Crippen molar-refractivity contribution >= 4 is 23.1 Å². The first-order chi connectivity index (χ1) is 12.6. The van der Waals surface area contributed by atoms with E-state index in [9.17, 15) is 4.79 Å². The van der Waals surface area contributed by atoms with Crippen molar-refractivity contribution in [2.24, 2.45) is 5.92 Å². The maximum Gasteiger partial charge on any atom is 0.295 e. The summed E-state index contributed by atoms with van der Waals surface area (Å²) in [6.07, 6.45) is 4.11. The molecule has 0 bridgehead atoms. The summed E-state index contributed by atoms with van der Waals surface area (Å²) in [5, 5.41) is 7.08. The van der Waals surface area contributed by atoms with Crippen LogP contribution in [0.5, 0.6) is 0 Å². The van der Waals surface area contributed by atoms with Gasteiger partial charge in [0.25, 0.3) is 11.7 Å². The summed E-state index contributed by atoms with van der Waals surface area (Å²) in [7, 11) is 0. The van der Waals surface area contributed by atoms with Crippen molar-refractivity contribution in [2.45, 2.75) is 26.7 Å². The van der Waals surface area contributed by atoms with Crippen LogP contribution in [0, 0.1) is 12.8 Å². The van der Waals surface area contributed by atoms with Crippen molar-refractivity contribution < 1.29 is 4.79 Å².